The number of aryl methyl sites for hydroxylation is 1. The molecule has 1 aliphatic carbocycles. The van der Waals surface area contributed by atoms with Gasteiger partial charge in [0.05, 0.1) is 11.0 Å². The van der Waals surface area contributed by atoms with E-state index in [0.29, 0.717) is 71.6 Å². The van der Waals surface area contributed by atoms with Crippen LogP contribution in [0.3, 0.4) is 0 Å². The van der Waals surface area contributed by atoms with Gasteiger partial charge >= 0.3 is 0 Å². The van der Waals surface area contributed by atoms with Gasteiger partial charge in [0.2, 0.25) is 23.5 Å². The van der Waals surface area contributed by atoms with E-state index in [1.165, 1.54) is 17.4 Å². The molecule has 1 amide bonds. The van der Waals surface area contributed by atoms with E-state index in [2.05, 4.69) is 36.7 Å². The number of pyridine rings is 1. The van der Waals surface area contributed by atoms with Crippen LogP contribution in [0.2, 0.25) is 0 Å². The van der Waals surface area contributed by atoms with Gasteiger partial charge in [-0.25, -0.2) is 4.98 Å². The van der Waals surface area contributed by atoms with Gasteiger partial charge in [0.1, 0.15) is 34.7 Å². The van der Waals surface area contributed by atoms with Crippen molar-refractivity contribution in [2.45, 2.75) is 82.5 Å². The Morgan fingerprint density at radius 2 is 2.07 bits per heavy atom. The molecule has 0 radical (unpaired) electrons. The highest BCUT2D eigenvalue weighted by molar-refractivity contribution is 7.16. The summed E-state index contributed by atoms with van der Waals surface area (Å²) in [7, 11) is 2.12. The Morgan fingerprint density at radius 3 is 2.77 bits per heavy atom. The smallest absolute Gasteiger partial charge is 0.245 e. The number of hydrogen-bond acceptors (Lipinski definition) is 11. The molecule has 3 aromatic heterocycles. The van der Waals surface area contributed by atoms with E-state index in [1.54, 1.807) is 4.90 Å². The molecule has 0 aromatic carbocycles. The van der Waals surface area contributed by atoms with Crippen LogP contribution in [0.5, 0.6) is 11.6 Å². The number of piperidine rings is 1. The van der Waals surface area contributed by atoms with E-state index in [9.17, 15) is 10.1 Å². The summed E-state index contributed by atoms with van der Waals surface area (Å²) in [6.45, 7) is 9.97. The number of nitriles is 1. The van der Waals surface area contributed by atoms with Crippen molar-refractivity contribution in [3.63, 3.8) is 0 Å². The predicted octanol–water partition coefficient (Wildman–Crippen LogP) is 4.71. The molecule has 11 nitrogen and oxygen atoms in total. The summed E-state index contributed by atoms with van der Waals surface area (Å²) in [5.74, 6) is 1.72. The number of rotatable bonds is 8. The van der Waals surface area contributed by atoms with Gasteiger partial charge in [0.15, 0.2) is 0 Å². The number of aromatic nitrogens is 3. The molecule has 3 atom stereocenters. The van der Waals surface area contributed by atoms with Gasteiger partial charge < -0.3 is 24.6 Å². The number of likely N-dealkylation sites (N-methyl/N-ethyl adjacent to an activating group) is 1. The summed E-state index contributed by atoms with van der Waals surface area (Å²) in [5, 5.41) is 14.8. The topological polar surface area (TPSA) is 144 Å². The molecule has 6 rings (SSSR count). The number of anilines is 1. The Labute approximate surface area is 261 Å². The van der Waals surface area contributed by atoms with Crippen LogP contribution in [-0.2, 0) is 16.6 Å². The lowest BCUT2D eigenvalue weighted by atomic mass is 9.72. The molecule has 2 aliphatic heterocycles. The fraction of sp³-hybridized carbons (Fsp3) is 0.531. The van der Waals surface area contributed by atoms with Crippen molar-refractivity contribution in [2.75, 3.05) is 32.4 Å². The van der Waals surface area contributed by atoms with Crippen LogP contribution < -0.4 is 15.2 Å². The Kier molecular flexibility index (Phi) is 8.35. The van der Waals surface area contributed by atoms with Crippen LogP contribution in [0.1, 0.15) is 74.3 Å². The van der Waals surface area contributed by atoms with Crippen LogP contribution in [0.25, 0.3) is 11.5 Å². The summed E-state index contributed by atoms with van der Waals surface area (Å²) < 4.78 is 18.8. The van der Waals surface area contributed by atoms with Crippen molar-refractivity contribution in [1.29, 1.82) is 5.26 Å². The molecule has 3 aromatic rings. The van der Waals surface area contributed by atoms with E-state index < -0.39 is 5.41 Å². The fourth-order valence-corrected chi connectivity index (χ4v) is 8.09. The Bertz CT molecular complexity index is 1590. The normalized spacial score (nSPS) is 23.1. The van der Waals surface area contributed by atoms with Crippen molar-refractivity contribution in [3.05, 3.63) is 46.7 Å². The molecule has 0 saturated carbocycles. The molecule has 2 fully saturated rings. The number of nitrogens with two attached hydrogens (primary N) is 1. The number of thiophene rings is 1. The first-order valence-corrected chi connectivity index (χ1v) is 16.1. The third-order valence-corrected chi connectivity index (χ3v) is 10.4. The van der Waals surface area contributed by atoms with Crippen LogP contribution >= 0.6 is 11.3 Å². The van der Waals surface area contributed by atoms with Crippen molar-refractivity contribution in [1.82, 2.24) is 24.9 Å². The molecule has 232 valence electrons. The quantitative estimate of drug-likeness (QED) is 0.353. The molecular weight excluding hydrogens is 578 g/mol. The van der Waals surface area contributed by atoms with Crippen molar-refractivity contribution in [2.24, 2.45) is 0 Å². The maximum Gasteiger partial charge on any atom is 0.245 e. The minimum Gasteiger partial charge on any atom is -0.490 e. The lowest BCUT2D eigenvalue weighted by molar-refractivity contribution is -0.127. The second kappa shape index (κ2) is 12.2. The number of carbonyl (C=O) groups is 1. The maximum absolute atomic E-state index is 12.1. The average Bonchev–Trinajstić information content (AvgIpc) is 3.76. The number of fused-ring (bicyclic) bond motifs is 1. The first-order chi connectivity index (χ1) is 21.2. The molecule has 0 unspecified atom stereocenters. The van der Waals surface area contributed by atoms with Gasteiger partial charge in [-0.2, -0.15) is 10.2 Å². The number of likely N-dealkylation sites (tertiary alicyclic amines) is 2. The highest BCUT2D eigenvalue weighted by Crippen LogP contribution is 2.48. The van der Waals surface area contributed by atoms with E-state index in [0.717, 1.165) is 49.1 Å². The molecule has 2 N–H and O–H groups in total. The van der Waals surface area contributed by atoms with Gasteiger partial charge in [-0.3, -0.25) is 9.69 Å². The zero-order chi connectivity index (χ0) is 31.0. The minimum absolute atomic E-state index is 0.0603. The first-order valence-electron chi connectivity index (χ1n) is 15.3. The molecule has 44 heavy (non-hydrogen) atoms. The van der Waals surface area contributed by atoms with Crippen molar-refractivity contribution >= 4 is 22.2 Å². The van der Waals surface area contributed by atoms with Gasteiger partial charge in [-0.05, 0) is 65.6 Å². The standard InChI is InChI=1S/C32H39N7O4S/c1-5-27(40)39-14-10-20(11-15-39)42-21-16-23(35-26(17-21)41-19(2)24-8-7-13-38(24)4)30-36-31(43-37-30)32(3)12-6-9-25-28(32)22(18-33)29(34)44-25/h5,16-17,19-20,24H,1,6-15,34H2,2-4H3/t19-,24-,32-/m0/s1. The highest BCUT2D eigenvalue weighted by Gasteiger charge is 2.43. The molecule has 12 heteroatoms. The highest BCUT2D eigenvalue weighted by atomic mass is 32.1. The van der Waals surface area contributed by atoms with Gasteiger partial charge in [-0.15, -0.1) is 11.3 Å². The van der Waals surface area contributed by atoms with Crippen LogP contribution in [0, 0.1) is 11.3 Å². The van der Waals surface area contributed by atoms with Crippen molar-refractivity contribution in [3.8, 4) is 29.2 Å². The van der Waals surface area contributed by atoms with E-state index >= 15 is 0 Å². The fourth-order valence-electron chi connectivity index (χ4n) is 6.90. The Hall–Kier alpha value is -3.95. The maximum atomic E-state index is 12.1. The molecule has 3 aliphatic rings. The number of nitrogens with zero attached hydrogens (tertiary/aromatic N) is 6. The Morgan fingerprint density at radius 1 is 1.27 bits per heavy atom. The average molecular weight is 618 g/mol. The van der Waals surface area contributed by atoms with Gasteiger partial charge in [-0.1, -0.05) is 11.7 Å². The largest absolute Gasteiger partial charge is 0.490 e. The molecule has 0 spiro atoms. The van der Waals surface area contributed by atoms with E-state index in [-0.39, 0.29) is 18.1 Å². The number of carbonyl (C=O) groups excluding carboxylic acids is 1. The molecule has 2 saturated heterocycles. The number of amides is 1. The monoisotopic (exact) mass is 617 g/mol. The summed E-state index contributed by atoms with van der Waals surface area (Å²) in [6, 6.07) is 6.22. The first kappa shape index (κ1) is 30.1. The van der Waals surface area contributed by atoms with Gasteiger partial charge in [0.25, 0.3) is 0 Å². The van der Waals surface area contributed by atoms with E-state index in [4.69, 9.17) is 29.7 Å². The van der Waals surface area contributed by atoms with Crippen LogP contribution in [0.4, 0.5) is 5.00 Å². The third-order valence-electron chi connectivity index (χ3n) is 9.31. The van der Waals surface area contributed by atoms with Crippen molar-refractivity contribution < 1.29 is 18.8 Å². The zero-order valence-electron chi connectivity index (χ0n) is 25.5. The van der Waals surface area contributed by atoms with Gasteiger partial charge in [0, 0.05) is 54.5 Å². The second-order valence-electron chi connectivity index (χ2n) is 12.2. The lowest BCUT2D eigenvalue weighted by Gasteiger charge is -2.31. The summed E-state index contributed by atoms with van der Waals surface area (Å²) in [5.41, 5.74) is 7.47. The minimum atomic E-state index is -0.635. The van der Waals surface area contributed by atoms with E-state index in [1.807, 2.05) is 19.1 Å². The zero-order valence-corrected chi connectivity index (χ0v) is 26.4. The summed E-state index contributed by atoms with van der Waals surface area (Å²) in [4.78, 5) is 26.9. The molecule has 0 bridgehead atoms. The lowest BCUT2D eigenvalue weighted by Crippen LogP contribution is -2.41. The second-order valence-corrected chi connectivity index (χ2v) is 13.4. The Balaban J connectivity index is 1.30. The predicted molar refractivity (Wildman–Crippen MR) is 167 cm³/mol. The number of nitrogen functional groups attached to an aromatic ring is 1. The summed E-state index contributed by atoms with van der Waals surface area (Å²) >= 11 is 1.47. The summed E-state index contributed by atoms with van der Waals surface area (Å²) in [6.07, 6.45) is 7.37. The SMILES string of the molecule is C=CC(=O)N1CCC(Oc2cc(O[C@@H](C)[C@@H]3CCCN3C)nc(-c3noc([C@@]4(C)CCCc5sc(N)c(C#N)c54)n3)c2)CC1. The number of hydrogen-bond donors (Lipinski definition) is 1. The molecular formula is C32H39N7O4S. The number of ether oxygens (including phenoxy) is 2. The third kappa shape index (κ3) is 5.66. The van der Waals surface area contributed by atoms with Crippen LogP contribution in [0.15, 0.2) is 29.3 Å². The van der Waals surface area contributed by atoms with Crippen LogP contribution in [-0.4, -0.2) is 75.8 Å². The molecule has 5 heterocycles.